The molecule has 2 aromatic rings. The van der Waals surface area contributed by atoms with E-state index in [-0.39, 0.29) is 0 Å². The molecule has 0 amide bonds. The Hall–Kier alpha value is -1.30. The second kappa shape index (κ2) is 7.64. The molecular formula is C15H17BrClN3O. The van der Waals surface area contributed by atoms with E-state index in [1.807, 2.05) is 30.3 Å². The predicted octanol–water partition coefficient (Wildman–Crippen LogP) is 3.99. The van der Waals surface area contributed by atoms with Crippen molar-refractivity contribution in [1.29, 1.82) is 0 Å². The fraction of sp³-hybridized carbons (Fsp3) is 0.267. The standard InChI is InChI=1S/C15H17BrClN3O/c1-21-14-6-3-2-5-13(14)20(8-4-7-18)15-12(16)9-11(17)10-19-15/h2-3,5-6,9-10H,4,7-8,18H2,1H3. The molecule has 21 heavy (non-hydrogen) atoms. The zero-order chi connectivity index (χ0) is 15.2. The zero-order valence-electron chi connectivity index (χ0n) is 11.7. The summed E-state index contributed by atoms with van der Waals surface area (Å²) in [7, 11) is 1.66. The van der Waals surface area contributed by atoms with Gasteiger partial charge >= 0.3 is 0 Å². The average molecular weight is 371 g/mol. The highest BCUT2D eigenvalue weighted by Crippen LogP contribution is 2.36. The molecule has 0 aliphatic heterocycles. The van der Waals surface area contributed by atoms with Crippen molar-refractivity contribution in [3.8, 4) is 5.75 Å². The van der Waals surface area contributed by atoms with E-state index in [9.17, 15) is 0 Å². The number of aromatic nitrogens is 1. The molecule has 2 rings (SSSR count). The molecular weight excluding hydrogens is 354 g/mol. The molecule has 4 nitrogen and oxygen atoms in total. The summed E-state index contributed by atoms with van der Waals surface area (Å²) < 4.78 is 6.28. The Kier molecular flexibility index (Phi) is 5.85. The SMILES string of the molecule is COc1ccccc1N(CCCN)c1ncc(Cl)cc1Br. The Bertz CT molecular complexity index is 609. The van der Waals surface area contributed by atoms with Crippen LogP contribution in [0, 0.1) is 0 Å². The van der Waals surface area contributed by atoms with Crippen molar-refractivity contribution in [1.82, 2.24) is 4.98 Å². The van der Waals surface area contributed by atoms with Gasteiger partial charge < -0.3 is 15.4 Å². The van der Waals surface area contributed by atoms with Crippen LogP contribution in [-0.4, -0.2) is 25.2 Å². The number of ether oxygens (including phenoxy) is 1. The maximum atomic E-state index is 5.97. The van der Waals surface area contributed by atoms with Crippen molar-refractivity contribution in [2.24, 2.45) is 5.73 Å². The minimum atomic E-state index is 0.587. The van der Waals surface area contributed by atoms with Gasteiger partial charge in [0.05, 0.1) is 22.3 Å². The molecule has 0 aliphatic rings. The van der Waals surface area contributed by atoms with Crippen LogP contribution >= 0.6 is 27.5 Å². The lowest BCUT2D eigenvalue weighted by Gasteiger charge is -2.26. The number of para-hydroxylation sites is 2. The number of anilines is 2. The van der Waals surface area contributed by atoms with E-state index in [4.69, 9.17) is 22.1 Å². The molecule has 112 valence electrons. The zero-order valence-corrected chi connectivity index (χ0v) is 14.1. The minimum absolute atomic E-state index is 0.587. The summed E-state index contributed by atoms with van der Waals surface area (Å²) in [5.74, 6) is 1.58. The van der Waals surface area contributed by atoms with Crippen LogP contribution in [0.3, 0.4) is 0 Å². The van der Waals surface area contributed by atoms with Gasteiger partial charge in [0.1, 0.15) is 11.6 Å². The normalized spacial score (nSPS) is 10.5. The van der Waals surface area contributed by atoms with Gasteiger partial charge in [0, 0.05) is 12.7 Å². The lowest BCUT2D eigenvalue weighted by atomic mass is 10.2. The summed E-state index contributed by atoms with van der Waals surface area (Å²) in [6, 6.07) is 9.66. The molecule has 0 unspecified atom stereocenters. The fourth-order valence-corrected chi connectivity index (χ4v) is 2.90. The number of halogens is 2. The van der Waals surface area contributed by atoms with Crippen molar-refractivity contribution < 1.29 is 4.74 Å². The lowest BCUT2D eigenvalue weighted by molar-refractivity contribution is 0.415. The molecule has 0 radical (unpaired) electrons. The third kappa shape index (κ3) is 3.87. The topological polar surface area (TPSA) is 51.4 Å². The van der Waals surface area contributed by atoms with Gasteiger partial charge in [-0.3, -0.25) is 0 Å². The molecule has 0 aliphatic carbocycles. The third-order valence-corrected chi connectivity index (χ3v) is 3.80. The number of rotatable bonds is 6. The molecule has 6 heteroatoms. The first-order chi connectivity index (χ1) is 10.2. The van der Waals surface area contributed by atoms with Gasteiger partial charge in [-0.2, -0.15) is 0 Å². The van der Waals surface area contributed by atoms with Crippen LogP contribution in [0.15, 0.2) is 41.0 Å². The van der Waals surface area contributed by atoms with E-state index in [0.717, 1.165) is 34.7 Å². The van der Waals surface area contributed by atoms with Gasteiger partial charge in [-0.15, -0.1) is 0 Å². The van der Waals surface area contributed by atoms with E-state index in [1.54, 1.807) is 13.3 Å². The highest BCUT2D eigenvalue weighted by Gasteiger charge is 2.17. The van der Waals surface area contributed by atoms with Crippen LogP contribution in [0.25, 0.3) is 0 Å². The fourth-order valence-electron chi connectivity index (χ4n) is 2.05. The molecule has 0 spiro atoms. The van der Waals surface area contributed by atoms with Crippen LogP contribution in [0.4, 0.5) is 11.5 Å². The highest BCUT2D eigenvalue weighted by atomic mass is 79.9. The van der Waals surface area contributed by atoms with Crippen molar-refractivity contribution in [2.75, 3.05) is 25.1 Å². The summed E-state index contributed by atoms with van der Waals surface area (Å²) in [4.78, 5) is 6.51. The molecule has 2 N–H and O–H groups in total. The first kappa shape index (κ1) is 16.1. The summed E-state index contributed by atoms with van der Waals surface area (Å²) in [6.45, 7) is 1.35. The van der Waals surface area contributed by atoms with E-state index in [1.165, 1.54) is 0 Å². The molecule has 1 heterocycles. The van der Waals surface area contributed by atoms with Crippen LogP contribution in [0.2, 0.25) is 5.02 Å². The van der Waals surface area contributed by atoms with E-state index in [2.05, 4.69) is 25.8 Å². The van der Waals surface area contributed by atoms with Crippen molar-refractivity contribution in [3.05, 3.63) is 46.0 Å². The quantitative estimate of drug-likeness (QED) is 0.835. The Balaban J connectivity index is 2.47. The number of hydrogen-bond acceptors (Lipinski definition) is 4. The van der Waals surface area contributed by atoms with Gasteiger partial charge in [-0.25, -0.2) is 4.98 Å². The molecule has 0 bridgehead atoms. The first-order valence-corrected chi connectivity index (χ1v) is 7.76. The Labute approximate surface area is 138 Å². The molecule has 0 saturated carbocycles. The predicted molar refractivity (Wildman–Crippen MR) is 90.6 cm³/mol. The first-order valence-electron chi connectivity index (χ1n) is 6.59. The molecule has 1 aromatic heterocycles. The molecule has 0 saturated heterocycles. The van der Waals surface area contributed by atoms with Crippen LogP contribution in [0.5, 0.6) is 5.75 Å². The Morgan fingerprint density at radius 2 is 2.14 bits per heavy atom. The average Bonchev–Trinajstić information content (AvgIpc) is 2.49. The summed E-state index contributed by atoms with van der Waals surface area (Å²) in [5, 5.41) is 0.587. The highest BCUT2D eigenvalue weighted by molar-refractivity contribution is 9.10. The summed E-state index contributed by atoms with van der Waals surface area (Å²) in [6.07, 6.45) is 2.47. The van der Waals surface area contributed by atoms with E-state index >= 15 is 0 Å². The molecule has 0 fully saturated rings. The van der Waals surface area contributed by atoms with Crippen LogP contribution in [-0.2, 0) is 0 Å². The number of pyridine rings is 1. The Morgan fingerprint density at radius 1 is 1.38 bits per heavy atom. The van der Waals surface area contributed by atoms with Gasteiger partial charge in [0.25, 0.3) is 0 Å². The Morgan fingerprint density at radius 3 is 2.81 bits per heavy atom. The maximum Gasteiger partial charge on any atom is 0.147 e. The van der Waals surface area contributed by atoms with Crippen LogP contribution in [0.1, 0.15) is 6.42 Å². The van der Waals surface area contributed by atoms with Gasteiger partial charge in [0.2, 0.25) is 0 Å². The van der Waals surface area contributed by atoms with E-state index < -0.39 is 0 Å². The molecule has 1 aromatic carbocycles. The number of hydrogen-bond donors (Lipinski definition) is 1. The third-order valence-electron chi connectivity index (χ3n) is 3.01. The second-order valence-corrected chi connectivity index (χ2v) is 5.72. The lowest BCUT2D eigenvalue weighted by Crippen LogP contribution is -2.22. The maximum absolute atomic E-state index is 5.97. The smallest absolute Gasteiger partial charge is 0.147 e. The molecule has 0 atom stereocenters. The van der Waals surface area contributed by atoms with Crippen molar-refractivity contribution in [2.45, 2.75) is 6.42 Å². The second-order valence-electron chi connectivity index (χ2n) is 4.42. The number of nitrogens with zero attached hydrogens (tertiary/aromatic N) is 2. The number of nitrogens with two attached hydrogens (primary N) is 1. The largest absolute Gasteiger partial charge is 0.495 e. The van der Waals surface area contributed by atoms with Crippen LogP contribution < -0.4 is 15.4 Å². The summed E-state index contributed by atoms with van der Waals surface area (Å²) in [5.41, 5.74) is 6.60. The minimum Gasteiger partial charge on any atom is -0.495 e. The van der Waals surface area contributed by atoms with Crippen molar-refractivity contribution >= 4 is 39.0 Å². The van der Waals surface area contributed by atoms with Gasteiger partial charge in [0.15, 0.2) is 0 Å². The van der Waals surface area contributed by atoms with E-state index in [0.29, 0.717) is 11.6 Å². The van der Waals surface area contributed by atoms with Gasteiger partial charge in [-0.1, -0.05) is 23.7 Å². The van der Waals surface area contributed by atoms with Gasteiger partial charge in [-0.05, 0) is 47.1 Å². The number of benzene rings is 1. The summed E-state index contributed by atoms with van der Waals surface area (Å²) >= 11 is 9.50. The number of methoxy groups -OCH3 is 1. The monoisotopic (exact) mass is 369 g/mol. The van der Waals surface area contributed by atoms with Crippen molar-refractivity contribution in [3.63, 3.8) is 0 Å².